The van der Waals surface area contributed by atoms with Gasteiger partial charge in [-0.25, -0.2) is 9.59 Å². The molecule has 2 aliphatic rings. The molecular formula is C24H34O7Si. The number of rotatable bonds is 5. The third kappa shape index (κ3) is 3.67. The summed E-state index contributed by atoms with van der Waals surface area (Å²) in [6.07, 6.45) is -2.35. The summed E-state index contributed by atoms with van der Waals surface area (Å²) in [4.78, 5) is 37.9. The van der Waals surface area contributed by atoms with Crippen LogP contribution in [0.4, 0.5) is 0 Å². The molecule has 32 heavy (non-hydrogen) atoms. The van der Waals surface area contributed by atoms with Crippen LogP contribution >= 0.6 is 0 Å². The Bertz CT molecular complexity index is 912. The van der Waals surface area contributed by atoms with E-state index in [9.17, 15) is 14.4 Å². The van der Waals surface area contributed by atoms with Crippen LogP contribution in [-0.2, 0) is 33.3 Å². The molecule has 0 unspecified atom stereocenters. The average Bonchev–Trinajstić information content (AvgIpc) is 3.09. The number of cyclic esters (lactones) is 1. The van der Waals surface area contributed by atoms with E-state index in [2.05, 4.69) is 25.2 Å². The standard InChI is InChI=1S/C24H34O7Si/c1-15-24(6,32(7,8)17-12-10-9-11-13-17)20(29-16(2)25)23(5,31-15)21(27)30-18-19(26)28-14-22(18,3)4/h9-13,15,18,20H,14H2,1-8H3/t15-,18-,20-,23+,24-/m0/s1. The van der Waals surface area contributed by atoms with E-state index in [0.29, 0.717) is 0 Å². The van der Waals surface area contributed by atoms with Crippen molar-refractivity contribution in [1.29, 1.82) is 0 Å². The van der Waals surface area contributed by atoms with Crippen LogP contribution in [0.2, 0.25) is 18.1 Å². The molecule has 3 rings (SSSR count). The Labute approximate surface area is 190 Å². The fraction of sp³-hybridized carbons (Fsp3) is 0.625. The van der Waals surface area contributed by atoms with Crippen LogP contribution in [0.1, 0.15) is 41.5 Å². The Hall–Kier alpha value is -2.19. The van der Waals surface area contributed by atoms with Gasteiger partial charge in [-0.1, -0.05) is 69.4 Å². The van der Waals surface area contributed by atoms with Crippen molar-refractivity contribution in [2.24, 2.45) is 5.41 Å². The molecule has 0 bridgehead atoms. The second-order valence-electron chi connectivity index (χ2n) is 10.5. The number of benzene rings is 1. The van der Waals surface area contributed by atoms with Gasteiger partial charge in [0.25, 0.3) is 0 Å². The van der Waals surface area contributed by atoms with Crippen molar-refractivity contribution >= 4 is 31.2 Å². The molecule has 2 heterocycles. The summed E-state index contributed by atoms with van der Waals surface area (Å²) < 4.78 is 22.9. The minimum atomic E-state index is -2.39. The Morgan fingerprint density at radius 1 is 1.06 bits per heavy atom. The summed E-state index contributed by atoms with van der Waals surface area (Å²) in [5.74, 6) is -1.81. The molecule has 0 amide bonds. The summed E-state index contributed by atoms with van der Waals surface area (Å²) in [6, 6.07) is 10.1. The molecule has 5 atom stereocenters. The zero-order valence-electron chi connectivity index (χ0n) is 20.2. The Kier molecular flexibility index (Phi) is 6.10. The molecule has 2 saturated heterocycles. The number of carbonyl (C=O) groups is 3. The maximum absolute atomic E-state index is 13.5. The molecule has 1 aromatic rings. The van der Waals surface area contributed by atoms with Crippen LogP contribution in [0.25, 0.3) is 0 Å². The van der Waals surface area contributed by atoms with Gasteiger partial charge in [0.15, 0.2) is 5.60 Å². The predicted molar refractivity (Wildman–Crippen MR) is 121 cm³/mol. The predicted octanol–water partition coefficient (Wildman–Crippen LogP) is 2.97. The van der Waals surface area contributed by atoms with Crippen molar-refractivity contribution in [3.05, 3.63) is 30.3 Å². The molecule has 0 aliphatic carbocycles. The summed E-state index contributed by atoms with van der Waals surface area (Å²) in [6.45, 7) is 15.0. The van der Waals surface area contributed by atoms with Gasteiger partial charge in [0.2, 0.25) is 6.10 Å². The monoisotopic (exact) mass is 462 g/mol. The molecule has 0 radical (unpaired) electrons. The maximum atomic E-state index is 13.5. The van der Waals surface area contributed by atoms with E-state index < -0.39 is 60.3 Å². The summed E-state index contributed by atoms with van der Waals surface area (Å²) in [5, 5.41) is 0.507. The van der Waals surface area contributed by atoms with Gasteiger partial charge in [-0.2, -0.15) is 0 Å². The number of ether oxygens (including phenoxy) is 4. The van der Waals surface area contributed by atoms with Gasteiger partial charge >= 0.3 is 17.9 Å². The Morgan fingerprint density at radius 2 is 1.66 bits per heavy atom. The third-order valence-electron chi connectivity index (χ3n) is 7.58. The minimum absolute atomic E-state index is 0.163. The van der Waals surface area contributed by atoms with Crippen LogP contribution in [0.15, 0.2) is 30.3 Å². The quantitative estimate of drug-likeness (QED) is 0.378. The molecule has 8 heteroatoms. The number of esters is 3. The zero-order chi connectivity index (χ0) is 24.1. The van der Waals surface area contributed by atoms with Crippen LogP contribution in [0, 0.1) is 5.41 Å². The van der Waals surface area contributed by atoms with Crippen molar-refractivity contribution in [3.63, 3.8) is 0 Å². The van der Waals surface area contributed by atoms with Gasteiger partial charge in [0.1, 0.15) is 12.7 Å². The molecule has 0 aromatic heterocycles. The molecule has 2 fully saturated rings. The molecule has 7 nitrogen and oxygen atoms in total. The van der Waals surface area contributed by atoms with Crippen molar-refractivity contribution < 1.29 is 33.3 Å². The largest absolute Gasteiger partial charge is 0.462 e. The smallest absolute Gasteiger partial charge is 0.348 e. The van der Waals surface area contributed by atoms with E-state index in [0.717, 1.165) is 5.19 Å². The first kappa shape index (κ1) is 24.4. The Balaban J connectivity index is 2.04. The topological polar surface area (TPSA) is 88.1 Å². The SMILES string of the molecule is CC(=O)O[C@@H]1[C@@](C)([Si](C)(C)c2ccccc2)[C@H](C)O[C@@]1(C)C(=O)O[C@H]1C(=O)OCC1(C)C. The number of hydrogen-bond donors (Lipinski definition) is 0. The van der Waals surface area contributed by atoms with E-state index in [-0.39, 0.29) is 6.61 Å². The zero-order valence-corrected chi connectivity index (χ0v) is 21.2. The van der Waals surface area contributed by atoms with Crippen LogP contribution in [0.3, 0.4) is 0 Å². The van der Waals surface area contributed by atoms with Crippen molar-refractivity contribution in [3.8, 4) is 0 Å². The van der Waals surface area contributed by atoms with Crippen LogP contribution in [0.5, 0.6) is 0 Å². The lowest BCUT2D eigenvalue weighted by atomic mass is 9.88. The van der Waals surface area contributed by atoms with Gasteiger partial charge < -0.3 is 18.9 Å². The fourth-order valence-corrected chi connectivity index (χ4v) is 8.77. The normalized spacial score (nSPS) is 34.1. The lowest BCUT2D eigenvalue weighted by molar-refractivity contribution is -0.191. The molecule has 2 aliphatic heterocycles. The highest BCUT2D eigenvalue weighted by atomic mass is 28.3. The van der Waals surface area contributed by atoms with Gasteiger partial charge in [-0.3, -0.25) is 4.79 Å². The first-order valence-corrected chi connectivity index (χ1v) is 14.0. The highest BCUT2D eigenvalue weighted by Crippen LogP contribution is 2.57. The summed E-state index contributed by atoms with van der Waals surface area (Å²) in [5.41, 5.74) is -2.23. The van der Waals surface area contributed by atoms with Gasteiger partial charge in [0.05, 0.1) is 14.2 Å². The van der Waals surface area contributed by atoms with Gasteiger partial charge in [-0.15, -0.1) is 0 Å². The minimum Gasteiger partial charge on any atom is -0.462 e. The van der Waals surface area contributed by atoms with Gasteiger partial charge in [-0.05, 0) is 13.8 Å². The van der Waals surface area contributed by atoms with Crippen molar-refractivity contribution in [2.45, 2.75) is 83.6 Å². The average molecular weight is 463 g/mol. The first-order chi connectivity index (χ1) is 14.7. The second kappa shape index (κ2) is 7.99. The summed E-state index contributed by atoms with van der Waals surface area (Å²) >= 11 is 0. The number of carbonyl (C=O) groups excluding carboxylic acids is 3. The summed E-state index contributed by atoms with van der Waals surface area (Å²) in [7, 11) is -2.39. The Morgan fingerprint density at radius 3 is 2.16 bits per heavy atom. The van der Waals surface area contributed by atoms with Crippen LogP contribution in [-0.4, -0.2) is 56.5 Å². The van der Waals surface area contributed by atoms with E-state index in [1.54, 1.807) is 20.8 Å². The fourth-order valence-electron chi connectivity index (χ4n) is 5.05. The van der Waals surface area contributed by atoms with Gasteiger partial charge in [0, 0.05) is 17.4 Å². The van der Waals surface area contributed by atoms with Crippen molar-refractivity contribution in [1.82, 2.24) is 0 Å². The lowest BCUT2D eigenvalue weighted by Gasteiger charge is -2.46. The highest BCUT2D eigenvalue weighted by Gasteiger charge is 2.70. The molecule has 176 valence electrons. The molecule has 0 saturated carbocycles. The van der Waals surface area contributed by atoms with E-state index in [1.165, 1.54) is 6.92 Å². The molecule has 1 aromatic carbocycles. The van der Waals surface area contributed by atoms with Crippen LogP contribution < -0.4 is 5.19 Å². The van der Waals surface area contributed by atoms with E-state index >= 15 is 0 Å². The highest BCUT2D eigenvalue weighted by molar-refractivity contribution is 6.92. The van der Waals surface area contributed by atoms with Crippen molar-refractivity contribution in [2.75, 3.05) is 6.61 Å². The third-order valence-corrected chi connectivity index (χ3v) is 12.7. The number of hydrogen-bond acceptors (Lipinski definition) is 7. The molecule has 0 spiro atoms. The first-order valence-electron chi connectivity index (χ1n) is 11.0. The lowest BCUT2D eigenvalue weighted by Crippen LogP contribution is -2.62. The van der Waals surface area contributed by atoms with E-state index in [4.69, 9.17) is 18.9 Å². The second-order valence-corrected chi connectivity index (χ2v) is 15.4. The molecular weight excluding hydrogens is 428 g/mol. The molecule has 0 N–H and O–H groups in total. The van der Waals surface area contributed by atoms with E-state index in [1.807, 2.05) is 32.0 Å². The maximum Gasteiger partial charge on any atom is 0.348 e.